The van der Waals surface area contributed by atoms with Crippen molar-refractivity contribution in [1.82, 2.24) is 5.16 Å². The smallest absolute Gasteiger partial charge is 0.293 e. The fourth-order valence-electron chi connectivity index (χ4n) is 1.91. The first-order chi connectivity index (χ1) is 9.50. The first-order valence-corrected chi connectivity index (χ1v) is 6.62. The minimum absolute atomic E-state index is 0.136. The Hall–Kier alpha value is -2.10. The van der Waals surface area contributed by atoms with Gasteiger partial charge < -0.3 is 9.26 Å². The van der Waals surface area contributed by atoms with Crippen LogP contribution in [-0.2, 0) is 21.4 Å². The van der Waals surface area contributed by atoms with Crippen LogP contribution in [0.25, 0.3) is 11.3 Å². The number of benzene rings is 1. The molecule has 20 heavy (non-hydrogen) atoms. The van der Waals surface area contributed by atoms with E-state index in [1.807, 2.05) is 18.2 Å². The van der Waals surface area contributed by atoms with E-state index in [1.165, 1.54) is 5.56 Å². The Balaban J connectivity index is 2.10. The highest BCUT2D eigenvalue weighted by Crippen LogP contribution is 2.26. The molecule has 1 aromatic carbocycles. The van der Waals surface area contributed by atoms with Crippen molar-refractivity contribution in [2.45, 2.75) is 32.6 Å². The zero-order valence-corrected chi connectivity index (χ0v) is 12.1. The molecular formula is C16H19NO3. The Morgan fingerprint density at radius 2 is 1.95 bits per heavy atom. The van der Waals surface area contributed by atoms with E-state index in [0.717, 1.165) is 17.0 Å². The molecule has 2 aromatic rings. The number of aromatic nitrogens is 1. The predicted octanol–water partition coefficient (Wildman–Crippen LogP) is 3.35. The Bertz CT molecular complexity index is 564. The number of hydrogen-bond donors (Lipinski definition) is 0. The van der Waals surface area contributed by atoms with Crippen LogP contribution in [0.15, 0.2) is 34.9 Å². The van der Waals surface area contributed by atoms with Crippen LogP contribution in [0.1, 0.15) is 32.0 Å². The third kappa shape index (κ3) is 3.47. The lowest BCUT2D eigenvalue weighted by atomic mass is 9.86. The Morgan fingerprint density at radius 3 is 2.55 bits per heavy atom. The van der Waals surface area contributed by atoms with Crippen LogP contribution in [0.4, 0.5) is 0 Å². The summed E-state index contributed by atoms with van der Waals surface area (Å²) in [5, 5.41) is 3.96. The van der Waals surface area contributed by atoms with E-state index >= 15 is 0 Å². The molecule has 4 nitrogen and oxygen atoms in total. The van der Waals surface area contributed by atoms with Crippen LogP contribution in [0.2, 0.25) is 0 Å². The molecule has 0 aliphatic carbocycles. The second-order valence-electron chi connectivity index (χ2n) is 5.73. The quantitative estimate of drug-likeness (QED) is 0.619. The molecule has 0 saturated carbocycles. The first kappa shape index (κ1) is 14.3. The van der Waals surface area contributed by atoms with E-state index in [-0.39, 0.29) is 5.41 Å². The van der Waals surface area contributed by atoms with Crippen molar-refractivity contribution in [2.75, 3.05) is 6.61 Å². The van der Waals surface area contributed by atoms with Crippen molar-refractivity contribution >= 4 is 6.47 Å². The van der Waals surface area contributed by atoms with Gasteiger partial charge in [-0.25, -0.2) is 0 Å². The van der Waals surface area contributed by atoms with Crippen molar-refractivity contribution in [3.05, 3.63) is 41.6 Å². The maximum absolute atomic E-state index is 10.1. The highest BCUT2D eigenvalue weighted by molar-refractivity contribution is 5.58. The van der Waals surface area contributed by atoms with Crippen molar-refractivity contribution < 1.29 is 14.1 Å². The molecule has 0 amide bonds. The van der Waals surface area contributed by atoms with Gasteiger partial charge in [0.05, 0.1) is 12.3 Å². The fraction of sp³-hybridized carbons (Fsp3) is 0.375. The second-order valence-corrected chi connectivity index (χ2v) is 5.73. The minimum Gasteiger partial charge on any atom is -0.467 e. The molecule has 0 N–H and O–H groups in total. The molecule has 106 valence electrons. The third-order valence-electron chi connectivity index (χ3n) is 3.14. The molecule has 0 aliphatic rings. The maximum atomic E-state index is 10.1. The van der Waals surface area contributed by atoms with Gasteiger partial charge in [-0.2, -0.15) is 0 Å². The molecule has 4 heteroatoms. The van der Waals surface area contributed by atoms with Crippen LogP contribution in [0.3, 0.4) is 0 Å². The molecule has 0 radical (unpaired) electrons. The van der Waals surface area contributed by atoms with Crippen molar-refractivity contribution in [3.8, 4) is 11.3 Å². The molecule has 0 bridgehead atoms. The normalized spacial score (nSPS) is 11.3. The van der Waals surface area contributed by atoms with E-state index < -0.39 is 0 Å². The van der Waals surface area contributed by atoms with E-state index in [4.69, 9.17) is 4.52 Å². The van der Waals surface area contributed by atoms with Gasteiger partial charge >= 0.3 is 0 Å². The number of rotatable bonds is 5. The lowest BCUT2D eigenvalue weighted by Crippen LogP contribution is -2.10. The average molecular weight is 273 g/mol. The lowest BCUT2D eigenvalue weighted by Gasteiger charge is -2.18. The molecule has 0 atom stereocenters. The summed E-state index contributed by atoms with van der Waals surface area (Å²) in [6, 6.07) is 10.2. The third-order valence-corrected chi connectivity index (χ3v) is 3.14. The molecule has 0 saturated heterocycles. The van der Waals surface area contributed by atoms with E-state index in [0.29, 0.717) is 19.5 Å². The zero-order chi connectivity index (χ0) is 14.6. The molecule has 0 unspecified atom stereocenters. The Morgan fingerprint density at radius 1 is 1.25 bits per heavy atom. The summed E-state index contributed by atoms with van der Waals surface area (Å²) < 4.78 is 9.96. The summed E-state index contributed by atoms with van der Waals surface area (Å²) >= 11 is 0. The number of carbonyl (C=O) groups is 1. The fourth-order valence-corrected chi connectivity index (χ4v) is 1.91. The summed E-state index contributed by atoms with van der Waals surface area (Å²) in [7, 11) is 0. The molecule has 1 heterocycles. The van der Waals surface area contributed by atoms with Crippen LogP contribution >= 0.6 is 0 Å². The van der Waals surface area contributed by atoms with Crippen molar-refractivity contribution in [1.29, 1.82) is 0 Å². The van der Waals surface area contributed by atoms with Gasteiger partial charge in [0.2, 0.25) is 0 Å². The van der Waals surface area contributed by atoms with Crippen molar-refractivity contribution in [2.24, 2.45) is 0 Å². The molecule has 0 spiro atoms. The van der Waals surface area contributed by atoms with Crippen LogP contribution in [0.5, 0.6) is 0 Å². The van der Waals surface area contributed by atoms with Gasteiger partial charge in [0, 0.05) is 18.1 Å². The summed E-state index contributed by atoms with van der Waals surface area (Å²) in [4.78, 5) is 10.1. The van der Waals surface area contributed by atoms with Gasteiger partial charge in [-0.05, 0) is 11.0 Å². The number of ether oxygens (including phenoxy) is 1. The zero-order valence-electron chi connectivity index (χ0n) is 12.1. The van der Waals surface area contributed by atoms with E-state index in [2.05, 4.69) is 42.8 Å². The second kappa shape index (κ2) is 5.90. The Kier molecular flexibility index (Phi) is 4.23. The summed E-state index contributed by atoms with van der Waals surface area (Å²) in [5.74, 6) is 0.728. The van der Waals surface area contributed by atoms with Gasteiger partial charge in [0.15, 0.2) is 5.76 Å². The maximum Gasteiger partial charge on any atom is 0.293 e. The largest absolute Gasteiger partial charge is 0.467 e. The summed E-state index contributed by atoms with van der Waals surface area (Å²) in [5.41, 5.74) is 3.19. The van der Waals surface area contributed by atoms with Crippen LogP contribution < -0.4 is 0 Å². The standard InChI is InChI=1S/C16H19NO3/c1-16(2,3)13-6-4-12(5-7-13)15-10-14(17-20-15)8-9-19-11-18/h4-7,10-11H,8-9H2,1-3H3. The molecule has 2 rings (SSSR count). The highest BCUT2D eigenvalue weighted by atomic mass is 16.5. The first-order valence-electron chi connectivity index (χ1n) is 6.62. The molecule has 1 aromatic heterocycles. The van der Waals surface area contributed by atoms with E-state index in [9.17, 15) is 4.79 Å². The summed E-state index contributed by atoms with van der Waals surface area (Å²) in [6.45, 7) is 7.30. The number of carbonyl (C=O) groups excluding carboxylic acids is 1. The lowest BCUT2D eigenvalue weighted by molar-refractivity contribution is -0.128. The van der Waals surface area contributed by atoms with Crippen molar-refractivity contribution in [3.63, 3.8) is 0 Å². The van der Waals surface area contributed by atoms with Gasteiger partial charge in [-0.3, -0.25) is 4.79 Å². The topological polar surface area (TPSA) is 52.3 Å². The van der Waals surface area contributed by atoms with Crippen LogP contribution in [-0.4, -0.2) is 18.2 Å². The van der Waals surface area contributed by atoms with Gasteiger partial charge in [0.1, 0.15) is 0 Å². The Labute approximate surface area is 118 Å². The minimum atomic E-state index is 0.136. The molecule has 0 aliphatic heterocycles. The number of nitrogens with zero attached hydrogens (tertiary/aromatic N) is 1. The highest BCUT2D eigenvalue weighted by Gasteiger charge is 2.14. The van der Waals surface area contributed by atoms with Gasteiger partial charge in [-0.15, -0.1) is 0 Å². The van der Waals surface area contributed by atoms with E-state index in [1.54, 1.807) is 0 Å². The predicted molar refractivity (Wildman–Crippen MR) is 76.4 cm³/mol. The number of hydrogen-bond acceptors (Lipinski definition) is 4. The molecule has 0 fully saturated rings. The van der Waals surface area contributed by atoms with Gasteiger partial charge in [0.25, 0.3) is 6.47 Å². The SMILES string of the molecule is CC(C)(C)c1ccc(-c2cc(CCOC=O)no2)cc1. The molecular weight excluding hydrogens is 254 g/mol. The van der Waals surface area contributed by atoms with Crippen LogP contribution in [0, 0.1) is 0 Å². The monoisotopic (exact) mass is 273 g/mol. The van der Waals surface area contributed by atoms with Gasteiger partial charge in [-0.1, -0.05) is 50.2 Å². The average Bonchev–Trinajstić information content (AvgIpc) is 2.87. The summed E-state index contributed by atoms with van der Waals surface area (Å²) in [6.07, 6.45) is 0.558.